The molecule has 1 saturated heterocycles. The van der Waals surface area contributed by atoms with Crippen LogP contribution in [0.2, 0.25) is 0 Å². The number of hydrogen-bond donors (Lipinski definition) is 3. The summed E-state index contributed by atoms with van der Waals surface area (Å²) in [6.45, 7) is 6.96. The van der Waals surface area contributed by atoms with Crippen LogP contribution in [0.25, 0.3) is 11.2 Å². The Kier molecular flexibility index (Phi) is 12.5. The predicted octanol–water partition coefficient (Wildman–Crippen LogP) is 2.59. The van der Waals surface area contributed by atoms with Crippen LogP contribution in [-0.2, 0) is 48.4 Å². The highest BCUT2D eigenvalue weighted by Gasteiger charge is 2.55. The Bertz CT molecular complexity index is 2160. The molecule has 0 radical (unpaired) electrons. The Morgan fingerprint density at radius 2 is 1.91 bits per heavy atom. The fraction of sp³-hybridized carbons (Fsp3) is 0.417. The molecule has 2 aliphatic heterocycles. The number of oxime groups is 1. The van der Waals surface area contributed by atoms with Crippen LogP contribution in [0.1, 0.15) is 38.6 Å². The Balaban J connectivity index is 1.24. The normalized spacial score (nSPS) is 16.9. The van der Waals surface area contributed by atoms with Gasteiger partial charge in [0, 0.05) is 22.9 Å². The standard InChI is InChI=1S/C36H42N10O8S2/c1-36(2,3)54-35(50)41-34-40-28(43-56-34)25(42-52-6)30(47)39-26-31(48)46-27(33(49)53-18-21-10-12-23(51-5)13-11-21)22(19-55-32(26)46)17-45-20-44(16-8-14-37-4)24-9-7-15-38-29(24)45/h7,9-13,15,20,26,32,37H,8,14,16-19H2,1-6H3,(H-,39,40,41,43,47,50)/p+1/b42-25-. The molecule has 18 nitrogen and oxygen atoms in total. The van der Waals surface area contributed by atoms with E-state index in [0.29, 0.717) is 17.1 Å². The minimum atomic E-state index is -1.03. The van der Waals surface area contributed by atoms with Crippen molar-refractivity contribution in [2.75, 3.05) is 38.9 Å². The largest absolute Gasteiger partial charge is 0.497 e. The van der Waals surface area contributed by atoms with Crippen molar-refractivity contribution in [3.8, 4) is 5.75 Å². The fourth-order valence-electron chi connectivity index (χ4n) is 6.02. The van der Waals surface area contributed by atoms with Crippen LogP contribution < -0.4 is 25.3 Å². The molecule has 2 unspecified atom stereocenters. The van der Waals surface area contributed by atoms with Crippen molar-refractivity contribution in [1.82, 2.24) is 34.4 Å². The van der Waals surface area contributed by atoms with Gasteiger partial charge in [0.15, 0.2) is 11.8 Å². The van der Waals surface area contributed by atoms with E-state index >= 15 is 0 Å². The lowest BCUT2D eigenvalue weighted by atomic mass is 10.0. The van der Waals surface area contributed by atoms with Gasteiger partial charge in [-0.2, -0.15) is 9.36 Å². The summed E-state index contributed by atoms with van der Waals surface area (Å²) in [5.41, 5.74) is 2.11. The molecular weight excluding hydrogens is 765 g/mol. The highest BCUT2D eigenvalue weighted by atomic mass is 32.2. The molecule has 4 aromatic rings. The number of methoxy groups -OCH3 is 1. The van der Waals surface area contributed by atoms with Gasteiger partial charge in [0.2, 0.25) is 16.7 Å². The molecule has 0 aliphatic carbocycles. The summed E-state index contributed by atoms with van der Waals surface area (Å²) in [5.74, 6) is -1.11. The first kappa shape index (κ1) is 40.1. The fourth-order valence-corrected chi connectivity index (χ4v) is 7.91. The molecular formula is C36H43N10O8S2+. The Morgan fingerprint density at radius 3 is 2.62 bits per heavy atom. The number of nitrogens with one attached hydrogen (secondary N) is 3. The Hall–Kier alpha value is -5.60. The Labute approximate surface area is 330 Å². The smallest absolute Gasteiger partial charge is 0.414 e. The zero-order chi connectivity index (χ0) is 40.0. The maximum Gasteiger partial charge on any atom is 0.414 e. The third-order valence-electron chi connectivity index (χ3n) is 8.51. The van der Waals surface area contributed by atoms with E-state index in [4.69, 9.17) is 19.0 Å². The van der Waals surface area contributed by atoms with E-state index in [-0.39, 0.29) is 35.5 Å². The summed E-state index contributed by atoms with van der Waals surface area (Å²) < 4.78 is 24.5. The van der Waals surface area contributed by atoms with Crippen molar-refractivity contribution in [3.05, 3.63) is 71.6 Å². The van der Waals surface area contributed by atoms with E-state index in [1.165, 1.54) is 23.8 Å². The Morgan fingerprint density at radius 1 is 1.12 bits per heavy atom. The van der Waals surface area contributed by atoms with Crippen molar-refractivity contribution < 1.29 is 42.8 Å². The molecule has 3 amide bonds. The molecule has 0 saturated carbocycles. The monoisotopic (exact) mass is 807 g/mol. The third kappa shape index (κ3) is 9.09. The molecule has 0 spiro atoms. The number of aromatic nitrogens is 5. The zero-order valence-electron chi connectivity index (χ0n) is 31.7. The van der Waals surface area contributed by atoms with Crippen LogP contribution in [0.5, 0.6) is 5.75 Å². The minimum Gasteiger partial charge on any atom is -0.497 e. The van der Waals surface area contributed by atoms with Gasteiger partial charge < -0.3 is 29.7 Å². The van der Waals surface area contributed by atoms with Gasteiger partial charge in [0.25, 0.3) is 11.8 Å². The van der Waals surface area contributed by atoms with Gasteiger partial charge in [-0.05, 0) is 70.6 Å². The lowest BCUT2D eigenvalue weighted by Gasteiger charge is -2.49. The quantitative estimate of drug-likeness (QED) is 0.0395. The van der Waals surface area contributed by atoms with Crippen LogP contribution in [0, 0.1) is 0 Å². The predicted molar refractivity (Wildman–Crippen MR) is 207 cm³/mol. The lowest BCUT2D eigenvalue weighted by Crippen LogP contribution is -2.71. The van der Waals surface area contributed by atoms with Gasteiger partial charge in [-0.25, -0.2) is 14.2 Å². The summed E-state index contributed by atoms with van der Waals surface area (Å²) in [4.78, 5) is 68.9. The van der Waals surface area contributed by atoms with E-state index in [1.54, 1.807) is 58.3 Å². The van der Waals surface area contributed by atoms with Crippen molar-refractivity contribution in [2.24, 2.45) is 5.16 Å². The van der Waals surface area contributed by atoms with Crippen molar-refractivity contribution in [1.29, 1.82) is 0 Å². The average Bonchev–Trinajstić information content (AvgIpc) is 3.78. The van der Waals surface area contributed by atoms with Crippen LogP contribution in [0.3, 0.4) is 0 Å². The molecule has 5 heterocycles. The molecule has 6 rings (SSSR count). The van der Waals surface area contributed by atoms with E-state index in [0.717, 1.165) is 47.8 Å². The lowest BCUT2D eigenvalue weighted by molar-refractivity contribution is -0.665. The summed E-state index contributed by atoms with van der Waals surface area (Å²) in [7, 11) is 4.72. The van der Waals surface area contributed by atoms with Crippen molar-refractivity contribution >= 4 is 69.2 Å². The number of pyridine rings is 1. The molecule has 0 bridgehead atoms. The van der Waals surface area contributed by atoms with Crippen molar-refractivity contribution in [2.45, 2.75) is 63.9 Å². The number of carbonyl (C=O) groups excluding carboxylic acids is 4. The SMILES string of the molecule is CNCCCn1c[n+](CC2=C(C(=O)OCc3ccc(OC)cc3)N3C(=O)C(NC(=O)/C(=N\OC)c4nsc(NC(=O)OC(C)(C)C)n4)C3SC2)c2ncccc21. The molecule has 3 aromatic heterocycles. The van der Waals surface area contributed by atoms with E-state index in [1.807, 2.05) is 30.1 Å². The van der Waals surface area contributed by atoms with Crippen LogP contribution in [-0.4, -0.2) is 104 Å². The number of hydrogen-bond acceptors (Lipinski definition) is 15. The molecule has 2 aliphatic rings. The zero-order valence-corrected chi connectivity index (χ0v) is 33.4. The minimum absolute atomic E-state index is 0.0403. The molecule has 3 N–H and O–H groups in total. The number of β-lactam (4-membered cyclic amide) rings is 1. The number of imidazole rings is 1. The van der Waals surface area contributed by atoms with Crippen molar-refractivity contribution in [3.63, 3.8) is 0 Å². The van der Waals surface area contributed by atoms with Gasteiger partial charge in [-0.3, -0.25) is 24.4 Å². The number of ether oxygens (including phenoxy) is 3. The van der Waals surface area contributed by atoms with E-state index in [9.17, 15) is 19.2 Å². The van der Waals surface area contributed by atoms with Gasteiger partial charge in [0.05, 0.1) is 20.2 Å². The number of thioether (sulfide) groups is 1. The number of esters is 1. The third-order valence-corrected chi connectivity index (χ3v) is 10.5. The van der Waals surface area contributed by atoms with Gasteiger partial charge in [0.1, 0.15) is 48.4 Å². The molecule has 296 valence electrons. The van der Waals surface area contributed by atoms with E-state index < -0.39 is 40.9 Å². The number of amides is 3. The van der Waals surface area contributed by atoms with Gasteiger partial charge >= 0.3 is 17.7 Å². The first-order valence-electron chi connectivity index (χ1n) is 17.6. The highest BCUT2D eigenvalue weighted by Crippen LogP contribution is 2.41. The second-order valence-corrected chi connectivity index (χ2v) is 15.5. The number of benzene rings is 1. The van der Waals surface area contributed by atoms with Crippen LogP contribution >= 0.6 is 23.3 Å². The summed E-state index contributed by atoms with van der Waals surface area (Å²) in [5, 5.41) is 11.6. The van der Waals surface area contributed by atoms with E-state index in [2.05, 4.69) is 40.0 Å². The second-order valence-electron chi connectivity index (χ2n) is 13.6. The summed E-state index contributed by atoms with van der Waals surface area (Å²) in [6, 6.07) is 9.96. The topological polar surface area (TPSA) is 204 Å². The molecule has 20 heteroatoms. The van der Waals surface area contributed by atoms with Crippen LogP contribution in [0.4, 0.5) is 9.93 Å². The number of fused-ring (bicyclic) bond motifs is 2. The number of anilines is 1. The average molecular weight is 808 g/mol. The number of rotatable bonds is 15. The molecule has 56 heavy (non-hydrogen) atoms. The first-order chi connectivity index (χ1) is 26.9. The molecule has 1 aromatic carbocycles. The van der Waals surface area contributed by atoms with Gasteiger partial charge in [-0.1, -0.05) is 17.3 Å². The summed E-state index contributed by atoms with van der Waals surface area (Å²) >= 11 is 2.20. The van der Waals surface area contributed by atoms with Crippen LogP contribution in [0.15, 0.2) is 65.3 Å². The number of carbonyl (C=O) groups is 4. The first-order valence-corrected chi connectivity index (χ1v) is 19.4. The highest BCUT2D eigenvalue weighted by molar-refractivity contribution is 8.00. The molecule has 2 atom stereocenters. The second kappa shape index (κ2) is 17.5. The maximum absolute atomic E-state index is 14.0. The maximum atomic E-state index is 14.0. The summed E-state index contributed by atoms with van der Waals surface area (Å²) in [6.07, 6.45) is 3.83. The molecule has 1 fully saturated rings. The number of nitrogens with zero attached hydrogens (tertiary/aromatic N) is 7. The number of aryl methyl sites for hydroxylation is 1. The van der Waals surface area contributed by atoms with Gasteiger partial charge in [-0.15, -0.1) is 16.7 Å².